The summed E-state index contributed by atoms with van der Waals surface area (Å²) in [6.07, 6.45) is 0. The van der Waals surface area contributed by atoms with Crippen molar-refractivity contribution >= 4 is 39.8 Å². The molecule has 1 amide bonds. The third-order valence-corrected chi connectivity index (χ3v) is 5.99. The molecule has 0 saturated carbocycles. The van der Waals surface area contributed by atoms with Crippen LogP contribution >= 0.6 is 23.1 Å². The Balaban J connectivity index is 1.64. The molecule has 0 aliphatic rings. The number of thioether (sulfide) groups is 1. The van der Waals surface area contributed by atoms with Crippen LogP contribution in [0.15, 0.2) is 64.9 Å². The molecule has 3 aromatic rings. The van der Waals surface area contributed by atoms with Crippen LogP contribution in [0.1, 0.15) is 13.8 Å². The summed E-state index contributed by atoms with van der Waals surface area (Å²) < 4.78 is 0. The zero-order valence-electron chi connectivity index (χ0n) is 15.5. The molecule has 1 N–H and O–H groups in total. The van der Waals surface area contributed by atoms with E-state index in [0.717, 1.165) is 40.1 Å². The van der Waals surface area contributed by atoms with Crippen LogP contribution in [0.5, 0.6) is 0 Å². The molecule has 0 fully saturated rings. The Morgan fingerprint density at radius 3 is 2.63 bits per heavy atom. The topological polar surface area (TPSA) is 45.2 Å². The molecule has 140 valence electrons. The second-order valence-corrected chi connectivity index (χ2v) is 7.80. The monoisotopic (exact) mass is 397 g/mol. The Hall–Kier alpha value is -2.31. The van der Waals surface area contributed by atoms with Gasteiger partial charge in [0.25, 0.3) is 0 Å². The number of amides is 1. The van der Waals surface area contributed by atoms with E-state index in [4.69, 9.17) is 4.98 Å². The smallest absolute Gasteiger partial charge is 0.234 e. The zero-order valence-corrected chi connectivity index (χ0v) is 17.1. The highest BCUT2D eigenvalue weighted by Gasteiger charge is 2.10. The van der Waals surface area contributed by atoms with E-state index in [1.807, 2.05) is 54.6 Å². The first-order valence-corrected chi connectivity index (χ1v) is 10.8. The maximum absolute atomic E-state index is 12.3. The molecule has 0 aliphatic heterocycles. The van der Waals surface area contributed by atoms with Gasteiger partial charge in [0.05, 0.1) is 11.4 Å². The number of hydrogen-bond donors (Lipinski definition) is 1. The van der Waals surface area contributed by atoms with Crippen molar-refractivity contribution in [3.63, 3.8) is 0 Å². The van der Waals surface area contributed by atoms with Crippen molar-refractivity contribution in [2.75, 3.05) is 29.1 Å². The van der Waals surface area contributed by atoms with Crippen LogP contribution in [0.25, 0.3) is 11.3 Å². The fourth-order valence-corrected chi connectivity index (χ4v) is 4.34. The van der Waals surface area contributed by atoms with Crippen LogP contribution in [-0.4, -0.2) is 29.7 Å². The molecule has 0 spiro atoms. The van der Waals surface area contributed by atoms with Crippen LogP contribution in [0.2, 0.25) is 0 Å². The highest BCUT2D eigenvalue weighted by Crippen LogP contribution is 2.29. The SMILES string of the molecule is CCN(CC)c1nc(-c2cccc(NC(=O)CSc3ccccc3)c2)cs1. The van der Waals surface area contributed by atoms with Gasteiger partial charge in [-0.2, -0.15) is 0 Å². The molecule has 27 heavy (non-hydrogen) atoms. The molecule has 2 aromatic carbocycles. The van der Waals surface area contributed by atoms with E-state index >= 15 is 0 Å². The zero-order chi connectivity index (χ0) is 19.1. The Bertz CT molecular complexity index is 876. The van der Waals surface area contributed by atoms with Gasteiger partial charge >= 0.3 is 0 Å². The first kappa shape index (κ1) is 19.5. The minimum absolute atomic E-state index is 0.0110. The molecule has 6 heteroatoms. The Morgan fingerprint density at radius 2 is 1.89 bits per heavy atom. The number of anilines is 2. The van der Waals surface area contributed by atoms with Gasteiger partial charge in [-0.15, -0.1) is 23.1 Å². The summed E-state index contributed by atoms with van der Waals surface area (Å²) in [5, 5.41) is 6.08. The predicted molar refractivity (Wildman–Crippen MR) is 117 cm³/mol. The van der Waals surface area contributed by atoms with E-state index in [9.17, 15) is 4.79 Å². The third kappa shape index (κ3) is 5.34. The Kier molecular flexibility index (Phi) is 6.90. The second kappa shape index (κ2) is 9.58. The number of benzene rings is 2. The van der Waals surface area contributed by atoms with Gasteiger partial charge in [-0.05, 0) is 38.1 Å². The molecular formula is C21H23N3OS2. The summed E-state index contributed by atoms with van der Waals surface area (Å²) in [4.78, 5) is 20.3. The minimum atomic E-state index is -0.0110. The summed E-state index contributed by atoms with van der Waals surface area (Å²) in [6.45, 7) is 6.15. The number of hydrogen-bond acceptors (Lipinski definition) is 5. The molecule has 0 radical (unpaired) electrons. The van der Waals surface area contributed by atoms with E-state index in [2.05, 4.69) is 29.4 Å². The quantitative estimate of drug-likeness (QED) is 0.518. The van der Waals surface area contributed by atoms with Gasteiger partial charge in [-0.25, -0.2) is 4.98 Å². The first-order chi connectivity index (χ1) is 13.2. The number of thiazole rings is 1. The van der Waals surface area contributed by atoms with Crippen LogP contribution < -0.4 is 10.2 Å². The average Bonchev–Trinajstić information content (AvgIpc) is 3.18. The lowest BCUT2D eigenvalue weighted by Crippen LogP contribution is -2.21. The third-order valence-electron chi connectivity index (χ3n) is 4.08. The van der Waals surface area contributed by atoms with E-state index in [-0.39, 0.29) is 5.91 Å². The maximum atomic E-state index is 12.3. The van der Waals surface area contributed by atoms with E-state index < -0.39 is 0 Å². The van der Waals surface area contributed by atoms with Gasteiger partial charge in [-0.1, -0.05) is 30.3 Å². The molecule has 0 bridgehead atoms. The molecule has 3 rings (SSSR count). The van der Waals surface area contributed by atoms with Crippen molar-refractivity contribution in [1.29, 1.82) is 0 Å². The molecule has 0 saturated heterocycles. The summed E-state index contributed by atoms with van der Waals surface area (Å²) in [6, 6.07) is 17.8. The lowest BCUT2D eigenvalue weighted by molar-refractivity contribution is -0.113. The molecule has 0 atom stereocenters. The number of carbonyl (C=O) groups is 1. The number of rotatable bonds is 8. The fraction of sp³-hybridized carbons (Fsp3) is 0.238. The van der Waals surface area contributed by atoms with Gasteiger partial charge in [0.1, 0.15) is 0 Å². The predicted octanol–water partition coefficient (Wildman–Crippen LogP) is 5.39. The van der Waals surface area contributed by atoms with Crippen molar-refractivity contribution < 1.29 is 4.79 Å². The first-order valence-electron chi connectivity index (χ1n) is 8.98. The van der Waals surface area contributed by atoms with Crippen molar-refractivity contribution in [1.82, 2.24) is 4.98 Å². The summed E-state index contributed by atoms with van der Waals surface area (Å²) in [5.74, 6) is 0.375. The lowest BCUT2D eigenvalue weighted by atomic mass is 10.1. The standard InChI is InChI=1S/C21H23N3OS2/c1-3-24(4-2)21-23-19(14-27-21)16-9-8-10-17(13-16)22-20(25)15-26-18-11-6-5-7-12-18/h5-14H,3-4,15H2,1-2H3,(H,22,25). The van der Waals surface area contributed by atoms with Crippen molar-refractivity contribution in [3.8, 4) is 11.3 Å². The highest BCUT2D eigenvalue weighted by molar-refractivity contribution is 8.00. The van der Waals surface area contributed by atoms with Gasteiger partial charge < -0.3 is 10.2 Å². The normalized spacial score (nSPS) is 10.6. The van der Waals surface area contributed by atoms with Gasteiger partial charge in [-0.3, -0.25) is 4.79 Å². The molecule has 1 heterocycles. The van der Waals surface area contributed by atoms with Crippen molar-refractivity contribution in [2.45, 2.75) is 18.7 Å². The van der Waals surface area contributed by atoms with Crippen molar-refractivity contribution in [3.05, 3.63) is 60.0 Å². The van der Waals surface area contributed by atoms with Crippen LogP contribution in [-0.2, 0) is 4.79 Å². The Morgan fingerprint density at radius 1 is 1.11 bits per heavy atom. The highest BCUT2D eigenvalue weighted by atomic mass is 32.2. The average molecular weight is 398 g/mol. The van der Waals surface area contributed by atoms with Crippen LogP contribution in [0.3, 0.4) is 0 Å². The molecule has 0 aliphatic carbocycles. The van der Waals surface area contributed by atoms with Crippen LogP contribution in [0, 0.1) is 0 Å². The number of nitrogens with zero attached hydrogens (tertiary/aromatic N) is 2. The second-order valence-electron chi connectivity index (χ2n) is 5.92. The minimum Gasteiger partial charge on any atom is -0.349 e. The van der Waals surface area contributed by atoms with Gasteiger partial charge in [0.15, 0.2) is 5.13 Å². The van der Waals surface area contributed by atoms with E-state index in [0.29, 0.717) is 5.75 Å². The molecule has 1 aromatic heterocycles. The molecular weight excluding hydrogens is 374 g/mol. The number of nitrogens with one attached hydrogen (secondary N) is 1. The van der Waals surface area contributed by atoms with Crippen molar-refractivity contribution in [2.24, 2.45) is 0 Å². The number of carbonyl (C=O) groups excluding carboxylic acids is 1. The van der Waals surface area contributed by atoms with Gasteiger partial charge in [0, 0.05) is 34.6 Å². The summed E-state index contributed by atoms with van der Waals surface area (Å²) in [7, 11) is 0. The molecule has 0 unspecified atom stereocenters. The number of aromatic nitrogens is 1. The van der Waals surface area contributed by atoms with E-state index in [1.165, 1.54) is 11.8 Å². The largest absolute Gasteiger partial charge is 0.349 e. The molecule has 4 nitrogen and oxygen atoms in total. The van der Waals surface area contributed by atoms with Crippen LogP contribution in [0.4, 0.5) is 10.8 Å². The summed E-state index contributed by atoms with van der Waals surface area (Å²) in [5.41, 5.74) is 2.75. The fourth-order valence-electron chi connectivity index (χ4n) is 2.66. The van der Waals surface area contributed by atoms with E-state index in [1.54, 1.807) is 11.3 Å². The summed E-state index contributed by atoms with van der Waals surface area (Å²) >= 11 is 3.18. The Labute approximate surface area is 168 Å². The van der Waals surface area contributed by atoms with Gasteiger partial charge in [0.2, 0.25) is 5.91 Å². The maximum Gasteiger partial charge on any atom is 0.234 e. The lowest BCUT2D eigenvalue weighted by Gasteiger charge is -2.16.